The van der Waals surface area contributed by atoms with E-state index in [0.29, 0.717) is 30.3 Å². The topological polar surface area (TPSA) is 96.3 Å². The molecule has 9 nitrogen and oxygen atoms in total. The molecule has 3 amide bonds. The second kappa shape index (κ2) is 12.9. The van der Waals surface area contributed by atoms with Crippen LogP contribution in [-0.2, 0) is 18.4 Å². The van der Waals surface area contributed by atoms with Crippen molar-refractivity contribution in [1.82, 2.24) is 14.4 Å². The van der Waals surface area contributed by atoms with E-state index in [1.54, 1.807) is 36.1 Å². The first kappa shape index (κ1) is 30.1. The van der Waals surface area contributed by atoms with Gasteiger partial charge in [-0.2, -0.15) is 0 Å². The van der Waals surface area contributed by atoms with Crippen LogP contribution in [0.15, 0.2) is 72.8 Å². The Bertz CT molecular complexity index is 1620. The van der Waals surface area contributed by atoms with Gasteiger partial charge in [0, 0.05) is 49.6 Å². The lowest BCUT2D eigenvalue weighted by Gasteiger charge is -2.35. The van der Waals surface area contributed by atoms with Crippen molar-refractivity contribution in [3.8, 4) is 16.9 Å². The van der Waals surface area contributed by atoms with Crippen LogP contribution < -0.4 is 10.1 Å². The standard InChI is InChI=1S/C34H40N4O5/c1-22-18-38(23(2)20-39)33(40)32-31(26-14-8-10-16-28(26)37(32)4)25-13-7-6-12-24(25)21-43-30(22)19-36(3)34(41)35-27-15-9-11-17-29(27)42-5/h6-17,22-23,30,39H,18-21H2,1-5H3,(H,35,41)/t22-,23-,30+/m1/s1. The highest BCUT2D eigenvalue weighted by Crippen LogP contribution is 2.38. The first-order chi connectivity index (χ1) is 20.7. The molecule has 0 radical (unpaired) electrons. The number of amides is 3. The van der Waals surface area contributed by atoms with Crippen molar-refractivity contribution < 1.29 is 24.2 Å². The number of ether oxygens (including phenoxy) is 2. The molecule has 0 unspecified atom stereocenters. The Labute approximate surface area is 252 Å². The zero-order valence-electron chi connectivity index (χ0n) is 25.4. The Kier molecular flexibility index (Phi) is 9.03. The van der Waals surface area contributed by atoms with Gasteiger partial charge in [-0.25, -0.2) is 4.79 Å². The van der Waals surface area contributed by atoms with Crippen LogP contribution >= 0.6 is 0 Å². The van der Waals surface area contributed by atoms with Crippen molar-refractivity contribution in [2.75, 3.05) is 39.2 Å². The van der Waals surface area contributed by atoms with Gasteiger partial charge in [0.15, 0.2) is 0 Å². The summed E-state index contributed by atoms with van der Waals surface area (Å²) in [6, 6.07) is 22.5. The number of hydrogen-bond donors (Lipinski definition) is 2. The molecule has 0 aliphatic carbocycles. The number of nitrogens with one attached hydrogen (secondary N) is 1. The number of para-hydroxylation sites is 3. The van der Waals surface area contributed by atoms with Gasteiger partial charge in [-0.1, -0.05) is 61.5 Å². The van der Waals surface area contributed by atoms with Gasteiger partial charge >= 0.3 is 6.03 Å². The molecule has 0 fully saturated rings. The summed E-state index contributed by atoms with van der Waals surface area (Å²) >= 11 is 0. The summed E-state index contributed by atoms with van der Waals surface area (Å²) in [4.78, 5) is 31.0. The number of urea groups is 1. The third-order valence-corrected chi connectivity index (χ3v) is 8.37. The number of fused-ring (bicyclic) bond motifs is 5. The lowest BCUT2D eigenvalue weighted by molar-refractivity contribution is -0.0179. The number of benzene rings is 3. The third kappa shape index (κ3) is 5.96. The molecule has 5 rings (SSSR count). The molecule has 0 saturated carbocycles. The average molecular weight is 585 g/mol. The number of anilines is 1. The van der Waals surface area contributed by atoms with Crippen LogP contribution in [0.5, 0.6) is 5.75 Å². The van der Waals surface area contributed by atoms with E-state index in [-0.39, 0.29) is 31.0 Å². The fourth-order valence-electron chi connectivity index (χ4n) is 5.84. The number of carbonyl (C=O) groups excluding carboxylic acids is 2. The molecule has 2 heterocycles. The van der Waals surface area contributed by atoms with Crippen LogP contribution in [0.4, 0.5) is 10.5 Å². The summed E-state index contributed by atoms with van der Waals surface area (Å²) in [5, 5.41) is 14.1. The molecule has 226 valence electrons. The molecule has 9 heteroatoms. The molecular formula is C34H40N4O5. The molecule has 0 spiro atoms. The Morgan fingerprint density at radius 2 is 1.81 bits per heavy atom. The highest BCUT2D eigenvalue weighted by molar-refractivity contribution is 6.10. The minimum absolute atomic E-state index is 0.153. The normalized spacial score (nSPS) is 17.9. The molecule has 1 aromatic heterocycles. The van der Waals surface area contributed by atoms with Gasteiger partial charge in [-0.3, -0.25) is 4.79 Å². The molecule has 2 N–H and O–H groups in total. The van der Waals surface area contributed by atoms with Crippen molar-refractivity contribution in [3.63, 3.8) is 0 Å². The predicted octanol–water partition coefficient (Wildman–Crippen LogP) is 5.38. The Balaban J connectivity index is 1.53. The number of aliphatic hydroxyl groups is 1. The summed E-state index contributed by atoms with van der Waals surface area (Å²) in [6.45, 7) is 4.62. The Morgan fingerprint density at radius 3 is 2.58 bits per heavy atom. The number of aryl methyl sites for hydroxylation is 1. The van der Waals surface area contributed by atoms with Gasteiger partial charge in [0.25, 0.3) is 5.91 Å². The highest BCUT2D eigenvalue weighted by atomic mass is 16.5. The highest BCUT2D eigenvalue weighted by Gasteiger charge is 2.34. The lowest BCUT2D eigenvalue weighted by Crippen LogP contribution is -2.48. The molecule has 3 aromatic carbocycles. The molecule has 0 bridgehead atoms. The van der Waals surface area contributed by atoms with E-state index >= 15 is 0 Å². The SMILES string of the molecule is COc1ccccc1NC(=O)N(C)C[C@@H]1OCc2ccccc2-c2c(n(C)c3ccccc23)C(=O)N([C@H](C)CO)C[C@H]1C. The third-order valence-electron chi connectivity index (χ3n) is 8.37. The quantitative estimate of drug-likeness (QED) is 0.318. The van der Waals surface area contributed by atoms with Crippen LogP contribution in [0.1, 0.15) is 29.9 Å². The number of likely N-dealkylation sites (N-methyl/N-ethyl adjacent to an activating group) is 1. The van der Waals surface area contributed by atoms with Gasteiger partial charge in [0.1, 0.15) is 11.4 Å². The maximum atomic E-state index is 14.5. The first-order valence-corrected chi connectivity index (χ1v) is 14.6. The van der Waals surface area contributed by atoms with Gasteiger partial charge < -0.3 is 34.3 Å². The maximum absolute atomic E-state index is 14.5. The lowest BCUT2D eigenvalue weighted by atomic mass is 9.96. The van der Waals surface area contributed by atoms with E-state index in [2.05, 4.69) is 5.32 Å². The Hall–Kier alpha value is -4.34. The first-order valence-electron chi connectivity index (χ1n) is 14.6. The summed E-state index contributed by atoms with van der Waals surface area (Å²) < 4.78 is 13.9. The molecular weight excluding hydrogens is 544 g/mol. The predicted molar refractivity (Wildman–Crippen MR) is 168 cm³/mol. The fourth-order valence-corrected chi connectivity index (χ4v) is 5.84. The van der Waals surface area contributed by atoms with Gasteiger partial charge in [-0.15, -0.1) is 0 Å². The number of carbonyl (C=O) groups is 2. The van der Waals surface area contributed by atoms with Crippen molar-refractivity contribution in [1.29, 1.82) is 0 Å². The van der Waals surface area contributed by atoms with Crippen LogP contribution in [0, 0.1) is 5.92 Å². The van der Waals surface area contributed by atoms with Gasteiger partial charge in [0.05, 0.1) is 38.2 Å². The van der Waals surface area contributed by atoms with Crippen molar-refractivity contribution in [2.24, 2.45) is 13.0 Å². The van der Waals surface area contributed by atoms with Crippen molar-refractivity contribution >= 4 is 28.5 Å². The van der Waals surface area contributed by atoms with Gasteiger partial charge in [-0.05, 0) is 36.2 Å². The van der Waals surface area contributed by atoms with Crippen LogP contribution in [-0.4, -0.2) is 77.4 Å². The van der Waals surface area contributed by atoms with Crippen LogP contribution in [0.25, 0.3) is 22.0 Å². The molecule has 0 saturated heterocycles. The van der Waals surface area contributed by atoms with E-state index in [1.807, 2.05) is 86.1 Å². The fraction of sp³-hybridized carbons (Fsp3) is 0.353. The largest absolute Gasteiger partial charge is 0.495 e. The second-order valence-corrected chi connectivity index (χ2v) is 11.3. The number of aromatic nitrogens is 1. The molecule has 43 heavy (non-hydrogen) atoms. The van der Waals surface area contributed by atoms with E-state index in [0.717, 1.165) is 27.6 Å². The minimum Gasteiger partial charge on any atom is -0.495 e. The van der Waals surface area contributed by atoms with E-state index in [4.69, 9.17) is 9.47 Å². The van der Waals surface area contributed by atoms with E-state index < -0.39 is 12.1 Å². The number of hydrogen-bond acceptors (Lipinski definition) is 5. The average Bonchev–Trinajstić information content (AvgIpc) is 3.32. The zero-order valence-corrected chi connectivity index (χ0v) is 25.4. The number of nitrogens with zero attached hydrogens (tertiary/aromatic N) is 3. The smallest absolute Gasteiger partial charge is 0.321 e. The van der Waals surface area contributed by atoms with Crippen LogP contribution in [0.2, 0.25) is 0 Å². The Morgan fingerprint density at radius 1 is 1.12 bits per heavy atom. The number of aliphatic hydroxyl groups excluding tert-OH is 1. The van der Waals surface area contributed by atoms with Crippen LogP contribution in [0.3, 0.4) is 0 Å². The monoisotopic (exact) mass is 584 g/mol. The van der Waals surface area contributed by atoms with Crippen molar-refractivity contribution in [3.05, 3.63) is 84.1 Å². The summed E-state index contributed by atoms with van der Waals surface area (Å²) in [7, 11) is 5.20. The minimum atomic E-state index is -0.427. The maximum Gasteiger partial charge on any atom is 0.321 e. The summed E-state index contributed by atoms with van der Waals surface area (Å²) in [6.07, 6.45) is -0.402. The summed E-state index contributed by atoms with van der Waals surface area (Å²) in [5.41, 5.74) is 4.85. The molecule has 1 aliphatic heterocycles. The van der Waals surface area contributed by atoms with Gasteiger partial charge in [0.2, 0.25) is 0 Å². The van der Waals surface area contributed by atoms with Crippen molar-refractivity contribution in [2.45, 2.75) is 32.6 Å². The second-order valence-electron chi connectivity index (χ2n) is 11.3. The van der Waals surface area contributed by atoms with E-state index in [9.17, 15) is 14.7 Å². The van der Waals surface area contributed by atoms with E-state index in [1.165, 1.54) is 0 Å². The zero-order chi connectivity index (χ0) is 30.7. The number of methoxy groups -OCH3 is 1. The molecule has 3 atom stereocenters. The number of rotatable bonds is 6. The molecule has 4 aromatic rings. The molecule has 1 aliphatic rings. The summed E-state index contributed by atoms with van der Waals surface area (Å²) in [5.74, 6) is 0.252.